The molecule has 2 aromatic carbocycles. The maximum absolute atomic E-state index is 13.8. The second-order valence-electron chi connectivity index (χ2n) is 6.39. The Morgan fingerprint density at radius 3 is 2.73 bits per heavy atom. The predicted molar refractivity (Wildman–Crippen MR) is 109 cm³/mol. The number of carbonyl (C=O) groups excluding carboxylic acids is 1. The maximum atomic E-state index is 13.8. The number of carbonyl (C=O) groups is 1. The number of benzene rings is 2. The number of para-hydroxylation sites is 1. The van der Waals surface area contributed by atoms with Crippen molar-refractivity contribution in [3.63, 3.8) is 0 Å². The third-order valence-corrected chi connectivity index (χ3v) is 4.82. The minimum absolute atomic E-state index is 0.0147. The van der Waals surface area contributed by atoms with Gasteiger partial charge in [0.05, 0.1) is 33.6 Å². The maximum Gasteiger partial charge on any atom is 0.266 e. The van der Waals surface area contributed by atoms with Crippen molar-refractivity contribution >= 4 is 28.3 Å². The van der Waals surface area contributed by atoms with Crippen LogP contribution in [0.5, 0.6) is 0 Å². The van der Waals surface area contributed by atoms with E-state index in [0.717, 1.165) is 6.07 Å². The van der Waals surface area contributed by atoms with E-state index in [1.54, 1.807) is 30.3 Å². The molecule has 8 heteroatoms. The topological polar surface area (TPSA) is 88.6 Å². The number of fused-ring (bicyclic) bond motifs is 1. The Bertz CT molecular complexity index is 1410. The van der Waals surface area contributed by atoms with Crippen molar-refractivity contribution in [3.05, 3.63) is 99.1 Å². The van der Waals surface area contributed by atoms with Crippen LogP contribution in [0.4, 0.5) is 4.39 Å². The van der Waals surface area contributed by atoms with E-state index in [2.05, 4.69) is 9.97 Å². The molecule has 0 radical (unpaired) electrons. The van der Waals surface area contributed by atoms with Crippen molar-refractivity contribution in [2.45, 2.75) is 6.42 Å². The van der Waals surface area contributed by atoms with Gasteiger partial charge in [0.2, 0.25) is 0 Å². The fraction of sp³-hybridized carbons (Fsp3) is 0.0455. The normalized spacial score (nSPS) is 10.7. The van der Waals surface area contributed by atoms with Gasteiger partial charge in [-0.1, -0.05) is 23.7 Å². The molecule has 2 aromatic heterocycles. The van der Waals surface area contributed by atoms with Crippen LogP contribution in [0.15, 0.2) is 65.6 Å². The highest BCUT2D eigenvalue weighted by Gasteiger charge is 2.20. The lowest BCUT2D eigenvalue weighted by atomic mass is 10.1. The van der Waals surface area contributed by atoms with Crippen LogP contribution in [0.2, 0.25) is 5.02 Å². The van der Waals surface area contributed by atoms with Gasteiger partial charge < -0.3 is 0 Å². The Hall–Kier alpha value is -3.89. The van der Waals surface area contributed by atoms with Gasteiger partial charge in [-0.2, -0.15) is 5.26 Å². The van der Waals surface area contributed by atoms with Crippen LogP contribution in [-0.2, 0) is 6.42 Å². The zero-order valence-electron chi connectivity index (χ0n) is 15.3. The summed E-state index contributed by atoms with van der Waals surface area (Å²) in [6.07, 6.45) is 1.10. The van der Waals surface area contributed by atoms with Gasteiger partial charge in [0.25, 0.3) is 5.56 Å². The smallest absolute Gasteiger partial charge is 0.266 e. The minimum atomic E-state index is -0.580. The van der Waals surface area contributed by atoms with Gasteiger partial charge in [-0.3, -0.25) is 19.1 Å². The SMILES string of the molecule is N#Cc1cccnc1C(=O)Cc1nc2ccc(F)cc2c(=O)n1-c1ccccc1Cl. The zero-order chi connectivity index (χ0) is 21.3. The summed E-state index contributed by atoms with van der Waals surface area (Å²) in [6, 6.07) is 15.2. The van der Waals surface area contributed by atoms with Gasteiger partial charge in [-0.15, -0.1) is 0 Å². The van der Waals surface area contributed by atoms with Crippen LogP contribution in [0.3, 0.4) is 0 Å². The van der Waals surface area contributed by atoms with Crippen molar-refractivity contribution in [1.82, 2.24) is 14.5 Å². The molecule has 2 heterocycles. The summed E-state index contributed by atoms with van der Waals surface area (Å²) in [5.74, 6) is -0.962. The molecule has 0 atom stereocenters. The Balaban J connectivity index is 1.95. The summed E-state index contributed by atoms with van der Waals surface area (Å²) in [6.45, 7) is 0. The van der Waals surface area contributed by atoms with E-state index < -0.39 is 17.2 Å². The van der Waals surface area contributed by atoms with Crippen molar-refractivity contribution in [2.24, 2.45) is 0 Å². The molecule has 0 saturated heterocycles. The number of Topliss-reactive ketones (excluding diaryl/α,β-unsaturated/α-hetero) is 1. The van der Waals surface area contributed by atoms with Crippen LogP contribution in [-0.4, -0.2) is 20.3 Å². The number of nitriles is 1. The fourth-order valence-electron chi connectivity index (χ4n) is 3.15. The first-order valence-corrected chi connectivity index (χ1v) is 9.22. The van der Waals surface area contributed by atoms with E-state index in [0.29, 0.717) is 5.69 Å². The van der Waals surface area contributed by atoms with Crippen molar-refractivity contribution < 1.29 is 9.18 Å². The second-order valence-corrected chi connectivity index (χ2v) is 6.80. The molecule has 0 N–H and O–H groups in total. The van der Waals surface area contributed by atoms with Crippen LogP contribution in [0.1, 0.15) is 21.9 Å². The molecule has 0 aliphatic heterocycles. The molecule has 0 amide bonds. The summed E-state index contributed by atoms with van der Waals surface area (Å²) in [5, 5.41) is 9.57. The number of rotatable bonds is 4. The third kappa shape index (κ3) is 3.45. The lowest BCUT2D eigenvalue weighted by molar-refractivity contribution is 0.0985. The molecule has 0 unspecified atom stereocenters. The molecule has 4 rings (SSSR count). The quantitative estimate of drug-likeness (QED) is 0.469. The fourth-order valence-corrected chi connectivity index (χ4v) is 3.37. The predicted octanol–water partition coefficient (Wildman–Crippen LogP) is 3.87. The van der Waals surface area contributed by atoms with Crippen LogP contribution in [0.25, 0.3) is 16.6 Å². The Morgan fingerprint density at radius 2 is 1.97 bits per heavy atom. The first-order valence-electron chi connectivity index (χ1n) is 8.84. The van der Waals surface area contributed by atoms with Crippen LogP contribution in [0, 0.1) is 17.1 Å². The van der Waals surface area contributed by atoms with E-state index in [4.69, 9.17) is 11.6 Å². The van der Waals surface area contributed by atoms with E-state index in [1.165, 1.54) is 29.0 Å². The number of halogens is 2. The molecule has 0 aliphatic rings. The first kappa shape index (κ1) is 19.4. The molecule has 6 nitrogen and oxygen atoms in total. The van der Waals surface area contributed by atoms with Gasteiger partial charge in [-0.05, 0) is 42.5 Å². The summed E-state index contributed by atoms with van der Waals surface area (Å²) in [4.78, 5) is 34.5. The average Bonchev–Trinajstić information content (AvgIpc) is 2.75. The van der Waals surface area contributed by atoms with Gasteiger partial charge in [0.15, 0.2) is 5.78 Å². The number of pyridine rings is 1. The minimum Gasteiger partial charge on any atom is -0.292 e. The largest absolute Gasteiger partial charge is 0.292 e. The molecule has 0 saturated carbocycles. The molecule has 30 heavy (non-hydrogen) atoms. The molecule has 0 bridgehead atoms. The highest BCUT2D eigenvalue weighted by Crippen LogP contribution is 2.22. The molecular weight excluding hydrogens is 407 g/mol. The number of hydrogen-bond acceptors (Lipinski definition) is 5. The molecule has 0 fully saturated rings. The molecule has 146 valence electrons. The van der Waals surface area contributed by atoms with Crippen molar-refractivity contribution in [3.8, 4) is 11.8 Å². The average molecular weight is 419 g/mol. The highest BCUT2D eigenvalue weighted by molar-refractivity contribution is 6.32. The van der Waals surface area contributed by atoms with E-state index in [9.17, 15) is 19.2 Å². The van der Waals surface area contributed by atoms with Crippen LogP contribution < -0.4 is 5.56 Å². The van der Waals surface area contributed by atoms with Gasteiger partial charge in [0.1, 0.15) is 23.4 Å². The lowest BCUT2D eigenvalue weighted by Gasteiger charge is -2.14. The van der Waals surface area contributed by atoms with E-state index >= 15 is 0 Å². The first-order chi connectivity index (χ1) is 14.5. The number of aromatic nitrogens is 3. The summed E-state index contributed by atoms with van der Waals surface area (Å²) in [5.41, 5.74) is 0.106. The van der Waals surface area contributed by atoms with Crippen LogP contribution >= 0.6 is 11.6 Å². The van der Waals surface area contributed by atoms with Gasteiger partial charge >= 0.3 is 0 Å². The Labute approximate surface area is 174 Å². The number of ketones is 1. The molecule has 0 aliphatic carbocycles. The molecule has 0 spiro atoms. The summed E-state index contributed by atoms with van der Waals surface area (Å²) < 4.78 is 14.9. The second kappa shape index (κ2) is 7.85. The summed E-state index contributed by atoms with van der Waals surface area (Å²) >= 11 is 6.28. The standard InChI is InChI=1S/C22H12ClFN4O2/c23-16-5-1-2-6-18(16)28-20(11-19(29)21-13(12-25)4-3-9-26-21)27-17-8-7-14(24)10-15(17)22(28)30/h1-10H,11H2. The Kier molecular flexibility index (Phi) is 5.09. The Morgan fingerprint density at radius 1 is 1.17 bits per heavy atom. The third-order valence-electron chi connectivity index (χ3n) is 4.50. The van der Waals surface area contributed by atoms with E-state index in [1.807, 2.05) is 6.07 Å². The number of hydrogen-bond donors (Lipinski definition) is 0. The molecular formula is C22H12ClFN4O2. The van der Waals surface area contributed by atoms with Gasteiger partial charge in [-0.25, -0.2) is 9.37 Å². The van der Waals surface area contributed by atoms with Gasteiger partial charge in [0, 0.05) is 6.20 Å². The molecule has 4 aromatic rings. The number of nitrogens with zero attached hydrogens (tertiary/aromatic N) is 4. The van der Waals surface area contributed by atoms with E-state index in [-0.39, 0.29) is 39.4 Å². The zero-order valence-corrected chi connectivity index (χ0v) is 16.1. The van der Waals surface area contributed by atoms with Crippen molar-refractivity contribution in [2.75, 3.05) is 0 Å². The van der Waals surface area contributed by atoms with Crippen molar-refractivity contribution in [1.29, 1.82) is 5.26 Å². The monoisotopic (exact) mass is 418 g/mol. The summed E-state index contributed by atoms with van der Waals surface area (Å²) in [7, 11) is 0. The lowest BCUT2D eigenvalue weighted by Crippen LogP contribution is -2.26. The highest BCUT2D eigenvalue weighted by atomic mass is 35.5.